The summed E-state index contributed by atoms with van der Waals surface area (Å²) in [6.07, 6.45) is -1.10. The zero-order valence-corrected chi connectivity index (χ0v) is 12.1. The molecule has 0 radical (unpaired) electrons. The van der Waals surface area contributed by atoms with E-state index in [9.17, 15) is 9.50 Å². The van der Waals surface area contributed by atoms with Crippen LogP contribution in [0.3, 0.4) is 0 Å². The van der Waals surface area contributed by atoms with Crippen LogP contribution in [0.1, 0.15) is 17.2 Å². The lowest BCUT2D eigenvalue weighted by Gasteiger charge is -2.18. The van der Waals surface area contributed by atoms with E-state index < -0.39 is 11.9 Å². The van der Waals surface area contributed by atoms with Gasteiger partial charge < -0.3 is 19.3 Å². The van der Waals surface area contributed by atoms with Gasteiger partial charge in [-0.15, -0.1) is 0 Å². The Morgan fingerprint density at radius 3 is 2.00 bits per heavy atom. The molecule has 1 atom stereocenters. The van der Waals surface area contributed by atoms with Crippen molar-refractivity contribution in [2.45, 2.75) is 6.10 Å². The molecular weight excluding hydrogens is 275 g/mol. The minimum atomic E-state index is -1.10. The Balaban J connectivity index is 2.53. The Morgan fingerprint density at radius 2 is 1.43 bits per heavy atom. The monoisotopic (exact) mass is 292 g/mol. The van der Waals surface area contributed by atoms with Crippen LogP contribution in [0, 0.1) is 5.82 Å². The van der Waals surface area contributed by atoms with Crippen molar-refractivity contribution in [2.75, 3.05) is 21.3 Å². The van der Waals surface area contributed by atoms with Crippen molar-refractivity contribution in [1.82, 2.24) is 0 Å². The van der Waals surface area contributed by atoms with Crippen molar-refractivity contribution < 1.29 is 23.7 Å². The summed E-state index contributed by atoms with van der Waals surface area (Å²) in [4.78, 5) is 0. The molecule has 0 amide bonds. The number of aliphatic hydroxyl groups is 1. The molecule has 0 spiro atoms. The van der Waals surface area contributed by atoms with E-state index >= 15 is 0 Å². The number of halogens is 1. The van der Waals surface area contributed by atoms with Crippen LogP contribution in [0.5, 0.6) is 17.2 Å². The summed E-state index contributed by atoms with van der Waals surface area (Å²) in [5, 5.41) is 10.6. The zero-order valence-electron chi connectivity index (χ0n) is 12.1. The highest BCUT2D eigenvalue weighted by Crippen LogP contribution is 2.36. The number of methoxy groups -OCH3 is 3. The summed E-state index contributed by atoms with van der Waals surface area (Å²) < 4.78 is 29.0. The van der Waals surface area contributed by atoms with E-state index in [1.165, 1.54) is 39.5 Å². The van der Waals surface area contributed by atoms with Crippen molar-refractivity contribution in [3.8, 4) is 17.2 Å². The van der Waals surface area contributed by atoms with Gasteiger partial charge in [-0.05, 0) is 36.4 Å². The van der Waals surface area contributed by atoms with Gasteiger partial charge in [0.25, 0.3) is 0 Å². The lowest BCUT2D eigenvalue weighted by Crippen LogP contribution is -2.05. The Labute approximate surface area is 122 Å². The first-order valence-electron chi connectivity index (χ1n) is 6.34. The molecule has 4 nitrogen and oxygen atoms in total. The molecule has 0 saturated heterocycles. The fourth-order valence-corrected chi connectivity index (χ4v) is 2.14. The standard InChI is InChI=1S/C16H17FO4/c1-19-11-5-7-15(21-3)13(9-11)16(18)12-8-10(17)4-6-14(12)20-2/h4-9,16,18H,1-3H3. The molecule has 0 saturated carbocycles. The second-order valence-corrected chi connectivity index (χ2v) is 4.40. The summed E-state index contributed by atoms with van der Waals surface area (Å²) in [5.41, 5.74) is 0.796. The van der Waals surface area contributed by atoms with E-state index in [0.717, 1.165) is 0 Å². The van der Waals surface area contributed by atoms with Crippen molar-refractivity contribution in [1.29, 1.82) is 0 Å². The van der Waals surface area contributed by atoms with Crippen LogP contribution in [0.25, 0.3) is 0 Å². The molecule has 0 aromatic heterocycles. The first-order chi connectivity index (χ1) is 10.1. The first-order valence-corrected chi connectivity index (χ1v) is 6.34. The first kappa shape index (κ1) is 15.1. The third kappa shape index (κ3) is 3.08. The predicted octanol–water partition coefficient (Wildman–Crippen LogP) is 2.93. The van der Waals surface area contributed by atoms with Crippen LogP contribution in [0.15, 0.2) is 36.4 Å². The molecule has 0 aliphatic rings. The summed E-state index contributed by atoms with van der Waals surface area (Å²) in [5.74, 6) is 0.996. The smallest absolute Gasteiger partial charge is 0.125 e. The van der Waals surface area contributed by atoms with E-state index in [0.29, 0.717) is 28.4 Å². The summed E-state index contributed by atoms with van der Waals surface area (Å²) >= 11 is 0. The van der Waals surface area contributed by atoms with Gasteiger partial charge in [0.05, 0.1) is 21.3 Å². The normalized spacial score (nSPS) is 11.9. The molecular formula is C16H17FO4. The molecule has 0 aliphatic heterocycles. The van der Waals surface area contributed by atoms with E-state index in [2.05, 4.69) is 0 Å². The van der Waals surface area contributed by atoms with E-state index in [1.54, 1.807) is 18.2 Å². The molecule has 112 valence electrons. The number of rotatable bonds is 5. The van der Waals surface area contributed by atoms with Crippen LogP contribution in [-0.2, 0) is 0 Å². The fraction of sp³-hybridized carbons (Fsp3) is 0.250. The SMILES string of the molecule is COc1ccc(OC)c(C(O)c2cc(F)ccc2OC)c1. The van der Waals surface area contributed by atoms with Gasteiger partial charge in [-0.25, -0.2) is 4.39 Å². The highest BCUT2D eigenvalue weighted by atomic mass is 19.1. The topological polar surface area (TPSA) is 47.9 Å². The average molecular weight is 292 g/mol. The fourth-order valence-electron chi connectivity index (χ4n) is 2.14. The molecule has 2 rings (SSSR count). The van der Waals surface area contributed by atoms with Crippen LogP contribution in [0.2, 0.25) is 0 Å². The second kappa shape index (κ2) is 6.45. The van der Waals surface area contributed by atoms with Gasteiger partial charge in [-0.2, -0.15) is 0 Å². The maximum absolute atomic E-state index is 13.5. The Morgan fingerprint density at radius 1 is 0.857 bits per heavy atom. The Bertz CT molecular complexity index is 628. The minimum Gasteiger partial charge on any atom is -0.497 e. The summed E-state index contributed by atoms with van der Waals surface area (Å²) in [6.45, 7) is 0. The minimum absolute atomic E-state index is 0.323. The molecule has 1 N–H and O–H groups in total. The molecule has 2 aromatic carbocycles. The quantitative estimate of drug-likeness (QED) is 0.920. The molecule has 0 heterocycles. The van der Waals surface area contributed by atoms with E-state index in [1.807, 2.05) is 0 Å². The van der Waals surface area contributed by atoms with Crippen LogP contribution >= 0.6 is 0 Å². The number of aliphatic hydroxyl groups excluding tert-OH is 1. The largest absolute Gasteiger partial charge is 0.497 e. The molecule has 0 aliphatic carbocycles. The van der Waals surface area contributed by atoms with Crippen molar-refractivity contribution >= 4 is 0 Å². The van der Waals surface area contributed by atoms with Crippen LogP contribution < -0.4 is 14.2 Å². The van der Waals surface area contributed by atoms with Gasteiger partial charge in [0.1, 0.15) is 29.2 Å². The van der Waals surface area contributed by atoms with Crippen molar-refractivity contribution in [2.24, 2.45) is 0 Å². The second-order valence-electron chi connectivity index (χ2n) is 4.40. The maximum atomic E-state index is 13.5. The molecule has 0 fully saturated rings. The molecule has 5 heteroatoms. The van der Waals surface area contributed by atoms with Gasteiger partial charge in [0, 0.05) is 11.1 Å². The van der Waals surface area contributed by atoms with Gasteiger partial charge in [-0.1, -0.05) is 0 Å². The average Bonchev–Trinajstić information content (AvgIpc) is 2.53. The molecule has 21 heavy (non-hydrogen) atoms. The number of ether oxygens (including phenoxy) is 3. The number of hydrogen-bond acceptors (Lipinski definition) is 4. The molecule has 2 aromatic rings. The Hall–Kier alpha value is -2.27. The van der Waals surface area contributed by atoms with E-state index in [-0.39, 0.29) is 0 Å². The van der Waals surface area contributed by atoms with Gasteiger partial charge in [0.2, 0.25) is 0 Å². The maximum Gasteiger partial charge on any atom is 0.125 e. The van der Waals surface area contributed by atoms with Gasteiger partial charge in [0.15, 0.2) is 0 Å². The number of hydrogen-bond donors (Lipinski definition) is 1. The third-order valence-electron chi connectivity index (χ3n) is 3.22. The third-order valence-corrected chi connectivity index (χ3v) is 3.22. The van der Waals surface area contributed by atoms with Crippen LogP contribution in [-0.4, -0.2) is 26.4 Å². The highest BCUT2D eigenvalue weighted by Gasteiger charge is 2.20. The highest BCUT2D eigenvalue weighted by molar-refractivity contribution is 5.48. The van der Waals surface area contributed by atoms with Crippen molar-refractivity contribution in [3.63, 3.8) is 0 Å². The van der Waals surface area contributed by atoms with Gasteiger partial charge >= 0.3 is 0 Å². The van der Waals surface area contributed by atoms with Gasteiger partial charge in [-0.3, -0.25) is 0 Å². The van der Waals surface area contributed by atoms with E-state index in [4.69, 9.17) is 14.2 Å². The lowest BCUT2D eigenvalue weighted by molar-refractivity contribution is 0.208. The molecule has 0 bridgehead atoms. The van der Waals surface area contributed by atoms with Crippen LogP contribution in [0.4, 0.5) is 4.39 Å². The zero-order chi connectivity index (χ0) is 15.4. The summed E-state index contributed by atoms with van der Waals surface area (Å²) in [6, 6.07) is 9.04. The lowest BCUT2D eigenvalue weighted by atomic mass is 9.99. The van der Waals surface area contributed by atoms with Crippen molar-refractivity contribution in [3.05, 3.63) is 53.3 Å². The summed E-state index contributed by atoms with van der Waals surface area (Å²) in [7, 11) is 4.49. The Kier molecular flexibility index (Phi) is 4.65. The molecule has 1 unspecified atom stereocenters. The predicted molar refractivity (Wildman–Crippen MR) is 76.6 cm³/mol. The number of benzene rings is 2.